The Morgan fingerprint density at radius 2 is 2.22 bits per heavy atom. The van der Waals surface area contributed by atoms with Crippen LogP contribution in [0.25, 0.3) is 5.95 Å². The van der Waals surface area contributed by atoms with E-state index in [1.54, 1.807) is 6.92 Å². The van der Waals surface area contributed by atoms with Gasteiger partial charge in [0.15, 0.2) is 0 Å². The van der Waals surface area contributed by atoms with Crippen LogP contribution in [0.2, 0.25) is 0 Å². The van der Waals surface area contributed by atoms with E-state index in [9.17, 15) is 4.79 Å². The number of H-pyrrole nitrogens is 1. The molecule has 0 amide bonds. The van der Waals surface area contributed by atoms with Gasteiger partial charge >= 0.3 is 0 Å². The molecular formula is C12H15N5O. The topological polar surface area (TPSA) is 89.6 Å². The molecule has 2 aromatic rings. The molecule has 6 nitrogen and oxygen atoms in total. The van der Waals surface area contributed by atoms with Crippen LogP contribution < -0.4 is 11.3 Å². The molecule has 0 bridgehead atoms. The second-order valence-electron chi connectivity index (χ2n) is 4.74. The number of hydrogen-bond donors (Lipinski definition) is 2. The summed E-state index contributed by atoms with van der Waals surface area (Å²) in [5.74, 6) is 1.39. The minimum atomic E-state index is -0.197. The van der Waals surface area contributed by atoms with Gasteiger partial charge in [-0.25, -0.2) is 4.98 Å². The highest BCUT2D eigenvalue weighted by atomic mass is 16.1. The highest BCUT2D eigenvalue weighted by Gasteiger charge is 2.23. The van der Waals surface area contributed by atoms with E-state index in [0.29, 0.717) is 23.4 Å². The van der Waals surface area contributed by atoms with Crippen molar-refractivity contribution in [2.24, 2.45) is 0 Å². The number of hydrogen-bond acceptors (Lipinski definition) is 4. The first-order chi connectivity index (χ1) is 8.63. The molecule has 0 saturated heterocycles. The first-order valence-corrected chi connectivity index (χ1v) is 6.07. The maximum absolute atomic E-state index is 11.4. The molecule has 0 atom stereocenters. The third kappa shape index (κ3) is 1.79. The second-order valence-corrected chi connectivity index (χ2v) is 4.74. The summed E-state index contributed by atoms with van der Waals surface area (Å²) in [6.45, 7) is 1.77. The largest absolute Gasteiger partial charge is 0.383 e. The molecule has 1 fully saturated rings. The lowest BCUT2D eigenvalue weighted by atomic mass is 9.83. The van der Waals surface area contributed by atoms with E-state index >= 15 is 0 Å². The summed E-state index contributed by atoms with van der Waals surface area (Å²) in [7, 11) is 0. The lowest BCUT2D eigenvalue weighted by Crippen LogP contribution is -2.16. The lowest BCUT2D eigenvalue weighted by Gasteiger charge is -2.22. The molecule has 2 aromatic heterocycles. The van der Waals surface area contributed by atoms with Gasteiger partial charge in [-0.2, -0.15) is 9.78 Å². The predicted octanol–water partition coefficient (Wildman–Crippen LogP) is 1.11. The Hall–Kier alpha value is -2.11. The molecule has 18 heavy (non-hydrogen) atoms. The Balaban J connectivity index is 2.05. The Morgan fingerprint density at radius 1 is 1.44 bits per heavy atom. The molecule has 0 aromatic carbocycles. The summed E-state index contributed by atoms with van der Waals surface area (Å²) in [6.07, 6.45) is 3.57. The molecule has 0 aliphatic heterocycles. The van der Waals surface area contributed by atoms with Crippen LogP contribution in [0.5, 0.6) is 0 Å². The highest BCUT2D eigenvalue weighted by Crippen LogP contribution is 2.36. The fourth-order valence-corrected chi connectivity index (χ4v) is 2.15. The molecule has 1 aliphatic rings. The second kappa shape index (κ2) is 3.97. The minimum Gasteiger partial charge on any atom is -0.383 e. The minimum absolute atomic E-state index is 0.197. The number of nitrogens with one attached hydrogen (secondary N) is 1. The number of aryl methyl sites for hydroxylation is 1. The molecule has 0 unspecified atom stereocenters. The van der Waals surface area contributed by atoms with Gasteiger partial charge in [0.2, 0.25) is 5.95 Å². The number of aromatic amines is 1. The highest BCUT2D eigenvalue weighted by molar-refractivity contribution is 5.38. The number of nitrogens with two attached hydrogens (primary N) is 1. The summed E-state index contributed by atoms with van der Waals surface area (Å²) in [5, 5.41) is 4.44. The van der Waals surface area contributed by atoms with Crippen LogP contribution in [0.15, 0.2) is 16.9 Å². The van der Waals surface area contributed by atoms with E-state index in [1.165, 1.54) is 17.2 Å². The fraction of sp³-hybridized carbons (Fsp3) is 0.417. The Labute approximate surface area is 104 Å². The molecule has 1 aliphatic carbocycles. The van der Waals surface area contributed by atoms with Crippen LogP contribution in [-0.2, 0) is 0 Å². The van der Waals surface area contributed by atoms with Crippen molar-refractivity contribution in [1.82, 2.24) is 19.7 Å². The summed E-state index contributed by atoms with van der Waals surface area (Å²) < 4.78 is 1.50. The molecule has 6 heteroatoms. The predicted molar refractivity (Wildman–Crippen MR) is 67.7 cm³/mol. The Morgan fingerprint density at radius 3 is 2.83 bits per heavy atom. The van der Waals surface area contributed by atoms with Crippen molar-refractivity contribution in [3.05, 3.63) is 33.9 Å². The van der Waals surface area contributed by atoms with Crippen LogP contribution in [0, 0.1) is 6.92 Å². The van der Waals surface area contributed by atoms with Crippen LogP contribution in [-0.4, -0.2) is 19.7 Å². The summed E-state index contributed by atoms with van der Waals surface area (Å²) in [6, 6.07) is 3.31. The van der Waals surface area contributed by atoms with Crippen LogP contribution >= 0.6 is 0 Å². The van der Waals surface area contributed by atoms with E-state index in [0.717, 1.165) is 18.5 Å². The number of rotatable bonds is 2. The van der Waals surface area contributed by atoms with E-state index in [-0.39, 0.29) is 5.56 Å². The quantitative estimate of drug-likeness (QED) is 0.829. The molecule has 2 heterocycles. The molecular weight excluding hydrogens is 230 g/mol. The molecule has 1 saturated carbocycles. The van der Waals surface area contributed by atoms with Gasteiger partial charge < -0.3 is 5.73 Å². The standard InChI is InChI=1S/C12H15N5O/c1-7-5-11(18)15-12(14-7)17-10(13)6-9(16-17)8-3-2-4-8/h5-6,8H,2-4,13H2,1H3,(H,14,15,18). The van der Waals surface area contributed by atoms with Crippen LogP contribution in [0.1, 0.15) is 36.6 Å². The van der Waals surface area contributed by atoms with Crippen molar-refractivity contribution in [3.8, 4) is 5.95 Å². The maximum atomic E-state index is 11.4. The van der Waals surface area contributed by atoms with E-state index < -0.39 is 0 Å². The van der Waals surface area contributed by atoms with Gasteiger partial charge in [-0.3, -0.25) is 9.78 Å². The van der Waals surface area contributed by atoms with Crippen LogP contribution in [0.3, 0.4) is 0 Å². The number of aromatic nitrogens is 4. The van der Waals surface area contributed by atoms with E-state index in [4.69, 9.17) is 5.73 Å². The van der Waals surface area contributed by atoms with Gasteiger partial charge in [-0.15, -0.1) is 0 Å². The van der Waals surface area contributed by atoms with Gasteiger partial charge in [-0.1, -0.05) is 6.42 Å². The summed E-state index contributed by atoms with van der Waals surface area (Å²) >= 11 is 0. The van der Waals surface area contributed by atoms with Crippen molar-refractivity contribution in [1.29, 1.82) is 0 Å². The first-order valence-electron chi connectivity index (χ1n) is 6.07. The van der Waals surface area contributed by atoms with Gasteiger partial charge in [0.25, 0.3) is 5.56 Å². The van der Waals surface area contributed by atoms with Crippen LogP contribution in [0.4, 0.5) is 5.82 Å². The molecule has 3 N–H and O–H groups in total. The van der Waals surface area contributed by atoms with E-state index in [1.807, 2.05) is 6.07 Å². The van der Waals surface area contributed by atoms with Crippen molar-refractivity contribution in [2.75, 3.05) is 5.73 Å². The fourth-order valence-electron chi connectivity index (χ4n) is 2.15. The molecule has 94 valence electrons. The zero-order chi connectivity index (χ0) is 12.7. The number of nitrogen functional groups attached to an aromatic ring is 1. The average molecular weight is 245 g/mol. The van der Waals surface area contributed by atoms with Gasteiger partial charge in [-0.05, 0) is 19.8 Å². The number of nitrogens with zero attached hydrogens (tertiary/aromatic N) is 3. The molecule has 0 radical (unpaired) electrons. The maximum Gasteiger partial charge on any atom is 0.252 e. The molecule has 0 spiro atoms. The smallest absolute Gasteiger partial charge is 0.252 e. The van der Waals surface area contributed by atoms with Crippen molar-refractivity contribution >= 4 is 5.82 Å². The van der Waals surface area contributed by atoms with Gasteiger partial charge in [0.1, 0.15) is 5.82 Å². The third-order valence-electron chi connectivity index (χ3n) is 3.34. The lowest BCUT2D eigenvalue weighted by molar-refractivity contribution is 0.409. The van der Waals surface area contributed by atoms with Crippen molar-refractivity contribution in [2.45, 2.75) is 32.1 Å². The monoisotopic (exact) mass is 245 g/mol. The Bertz CT molecular complexity index is 638. The summed E-state index contributed by atoms with van der Waals surface area (Å²) in [5.41, 5.74) is 7.37. The third-order valence-corrected chi connectivity index (χ3v) is 3.34. The zero-order valence-electron chi connectivity index (χ0n) is 10.2. The van der Waals surface area contributed by atoms with E-state index in [2.05, 4.69) is 15.1 Å². The van der Waals surface area contributed by atoms with Gasteiger partial charge in [0.05, 0.1) is 5.69 Å². The van der Waals surface area contributed by atoms with Crippen molar-refractivity contribution in [3.63, 3.8) is 0 Å². The average Bonchev–Trinajstić information content (AvgIpc) is 2.56. The van der Waals surface area contributed by atoms with Gasteiger partial charge in [0, 0.05) is 23.7 Å². The summed E-state index contributed by atoms with van der Waals surface area (Å²) in [4.78, 5) is 18.3. The number of anilines is 1. The first kappa shape index (κ1) is 11.0. The SMILES string of the molecule is Cc1cc(=O)[nH]c(-n2nc(C3CCC3)cc2N)n1. The normalized spacial score (nSPS) is 15.6. The zero-order valence-corrected chi connectivity index (χ0v) is 10.2. The Kier molecular flexibility index (Phi) is 2.43. The molecule has 3 rings (SSSR count). The van der Waals surface area contributed by atoms with Crippen molar-refractivity contribution < 1.29 is 0 Å².